The van der Waals surface area contributed by atoms with Crippen LogP contribution in [0.25, 0.3) is 0 Å². The van der Waals surface area contributed by atoms with E-state index in [0.717, 1.165) is 24.1 Å². The van der Waals surface area contributed by atoms with E-state index >= 15 is 0 Å². The van der Waals surface area contributed by atoms with Crippen LogP contribution >= 0.6 is 11.6 Å². The predicted octanol–water partition coefficient (Wildman–Crippen LogP) is 1.33. The first kappa shape index (κ1) is 15.7. The van der Waals surface area contributed by atoms with E-state index in [1.807, 2.05) is 6.92 Å². The molecular formula is C7H17AsClNO3. The summed E-state index contributed by atoms with van der Waals surface area (Å²) in [6.07, 6.45) is 3.47. The van der Waals surface area contributed by atoms with E-state index in [9.17, 15) is 7.84 Å². The summed E-state index contributed by atoms with van der Waals surface area (Å²) in [6.45, 7) is 2.05. The zero-order valence-corrected chi connectivity index (χ0v) is 10.6. The third-order valence-corrected chi connectivity index (χ3v) is 3.29. The van der Waals surface area contributed by atoms with Gasteiger partial charge in [0.05, 0.1) is 0 Å². The van der Waals surface area contributed by atoms with Crippen LogP contribution in [0.5, 0.6) is 0 Å². The summed E-state index contributed by atoms with van der Waals surface area (Å²) in [5.74, 6) is 0. The van der Waals surface area contributed by atoms with Crippen LogP contribution in [0.4, 0.5) is 0 Å². The van der Waals surface area contributed by atoms with Crippen molar-refractivity contribution < 1.29 is 11.9 Å². The third kappa shape index (κ3) is 12.3. The fourth-order valence-electron chi connectivity index (χ4n) is 0.785. The van der Waals surface area contributed by atoms with Gasteiger partial charge in [0.2, 0.25) is 0 Å². The van der Waals surface area contributed by atoms with Gasteiger partial charge in [-0.2, -0.15) is 0 Å². The van der Waals surface area contributed by atoms with Crippen LogP contribution in [0.15, 0.2) is 9.90 Å². The van der Waals surface area contributed by atoms with Crippen molar-refractivity contribution >= 4 is 25.8 Å². The first-order valence-corrected chi connectivity index (χ1v) is 7.69. The summed E-state index contributed by atoms with van der Waals surface area (Å²) in [5, 5.41) is 0.225. The van der Waals surface area contributed by atoms with Crippen molar-refractivity contribution in [3.05, 3.63) is 9.90 Å². The molecule has 1 unspecified atom stereocenters. The van der Waals surface area contributed by atoms with Gasteiger partial charge in [-0.15, -0.1) is 0 Å². The Balaban J connectivity index is 0. The first-order valence-electron chi connectivity index (χ1n) is 3.86. The summed E-state index contributed by atoms with van der Waals surface area (Å²) in [5.41, 5.74) is 0. The van der Waals surface area contributed by atoms with Crippen LogP contribution in [0.1, 0.15) is 32.6 Å². The molecule has 0 aromatic carbocycles. The second-order valence-corrected chi connectivity index (χ2v) is 5.99. The summed E-state index contributed by atoms with van der Waals surface area (Å²) < 4.78 is 29.2. The molecule has 6 heteroatoms. The van der Waals surface area contributed by atoms with Gasteiger partial charge in [-0.1, -0.05) is 0 Å². The molecule has 0 aliphatic carbocycles. The number of halogens is 1. The van der Waals surface area contributed by atoms with Crippen molar-refractivity contribution in [1.82, 2.24) is 6.15 Å². The van der Waals surface area contributed by atoms with Crippen LogP contribution in [-0.4, -0.2) is 18.3 Å². The molecule has 80 valence electrons. The van der Waals surface area contributed by atoms with E-state index in [4.69, 9.17) is 15.7 Å². The predicted molar refractivity (Wildman–Crippen MR) is 52.7 cm³/mol. The van der Waals surface area contributed by atoms with Crippen LogP contribution in [0.2, 0.25) is 0 Å². The smallest absolute Gasteiger partial charge is 0.369 e. The maximum Gasteiger partial charge on any atom is -0.369 e. The molecular weight excluding hydrogens is 256 g/mol. The first-order chi connectivity index (χ1) is 5.45. The van der Waals surface area contributed by atoms with Crippen LogP contribution in [-0.2, 0) is 3.74 Å². The normalized spacial score (nSPS) is 16.2. The Morgan fingerprint density at radius 1 is 1.62 bits per heavy atom. The van der Waals surface area contributed by atoms with E-state index in [-0.39, 0.29) is 11.2 Å². The number of rotatable bonds is 5. The Labute approximate surface area is 86.6 Å². The number of allylic oxidation sites excluding steroid dienone is 1. The van der Waals surface area contributed by atoms with Gasteiger partial charge >= 0.3 is 80.2 Å². The number of hydrogen-bond donors (Lipinski definition) is 2. The van der Waals surface area contributed by atoms with Crippen molar-refractivity contribution in [2.24, 2.45) is 0 Å². The Hall–Kier alpha value is 0.268. The summed E-state index contributed by atoms with van der Waals surface area (Å²) in [4.78, 5) is 0.773. The number of quaternary nitrogens is 1. The molecule has 0 aromatic heterocycles. The summed E-state index contributed by atoms with van der Waals surface area (Å²) >= 11 is 0.662. The maximum absolute atomic E-state index is 10.4. The minimum Gasteiger partial charge on any atom is -0.369 e. The van der Waals surface area contributed by atoms with Crippen molar-refractivity contribution in [2.45, 2.75) is 32.6 Å². The number of hydrogen-bond acceptors (Lipinski definition) is 2. The van der Waals surface area contributed by atoms with Gasteiger partial charge in [-0.3, -0.25) is 0 Å². The molecule has 0 saturated carbocycles. The summed E-state index contributed by atoms with van der Waals surface area (Å²) in [7, 11) is 0. The molecule has 0 spiro atoms. The molecule has 0 rings (SSSR count). The quantitative estimate of drug-likeness (QED) is 0.584. The molecule has 0 aliphatic heterocycles. The van der Waals surface area contributed by atoms with E-state index < -0.39 is 14.2 Å². The van der Waals surface area contributed by atoms with Crippen molar-refractivity contribution in [1.29, 1.82) is 0 Å². The molecule has 13 heavy (non-hydrogen) atoms. The van der Waals surface area contributed by atoms with E-state index in [1.54, 1.807) is 0 Å². The molecule has 0 bridgehead atoms. The molecule has 0 heterocycles. The third-order valence-electron chi connectivity index (χ3n) is 1.32. The van der Waals surface area contributed by atoms with Gasteiger partial charge < -0.3 is 6.15 Å². The van der Waals surface area contributed by atoms with Crippen LogP contribution in [0.3, 0.4) is 0 Å². The molecule has 0 fully saturated rings. The van der Waals surface area contributed by atoms with Gasteiger partial charge in [0, 0.05) is 0 Å². The van der Waals surface area contributed by atoms with Crippen LogP contribution in [0, 0.1) is 0 Å². The number of unbranched alkanes of at least 4 members (excludes halogenated alkanes) is 2. The minimum absolute atomic E-state index is 0. The van der Waals surface area contributed by atoms with Gasteiger partial charge in [0.25, 0.3) is 0 Å². The Kier molecular flexibility index (Phi) is 9.26. The fraction of sp³-hybridized carbons (Fsp3) is 0.714. The van der Waals surface area contributed by atoms with Crippen molar-refractivity contribution in [2.75, 3.05) is 0 Å². The van der Waals surface area contributed by atoms with Gasteiger partial charge in [-0.25, -0.2) is 0 Å². The Bertz CT molecular complexity index is 202. The van der Waals surface area contributed by atoms with E-state index in [2.05, 4.69) is 0 Å². The average molecular weight is 274 g/mol. The molecule has 4 nitrogen and oxygen atoms in total. The molecule has 0 aromatic rings. The SMILES string of the molecule is CCCCC/C(Cl)=C\[As](=O)([O-])O.[NH4+]. The largest absolute Gasteiger partial charge is 0.369 e. The maximum atomic E-state index is 10.4. The Morgan fingerprint density at radius 2 is 2.15 bits per heavy atom. The standard InChI is InChI=1S/C7H14AsClO3.H3N/c1-2-3-4-5-7(9)6-8(10,11)12;/h6H,2-5H2,1H3,(H2,10,11,12);1H3/b7-6+;. The fourth-order valence-corrected chi connectivity index (χ4v) is 2.57. The molecule has 0 amide bonds. The summed E-state index contributed by atoms with van der Waals surface area (Å²) in [6, 6.07) is 0. The van der Waals surface area contributed by atoms with Crippen LogP contribution < -0.4 is 10.2 Å². The minimum atomic E-state index is -4.88. The second kappa shape index (κ2) is 7.65. The average Bonchev–Trinajstić information content (AvgIpc) is 1.84. The van der Waals surface area contributed by atoms with Gasteiger partial charge in [0.1, 0.15) is 0 Å². The zero-order chi connectivity index (χ0) is 9.61. The van der Waals surface area contributed by atoms with Gasteiger partial charge in [-0.05, 0) is 0 Å². The molecule has 5 N–H and O–H groups in total. The molecule has 1 atom stereocenters. The van der Waals surface area contributed by atoms with E-state index in [1.165, 1.54) is 0 Å². The van der Waals surface area contributed by atoms with E-state index in [0.29, 0.717) is 6.42 Å². The Morgan fingerprint density at radius 3 is 2.54 bits per heavy atom. The molecule has 0 aliphatic rings. The molecule has 0 radical (unpaired) electrons. The monoisotopic (exact) mass is 273 g/mol. The molecule has 0 saturated heterocycles. The second-order valence-electron chi connectivity index (χ2n) is 2.60. The zero-order valence-electron chi connectivity index (χ0n) is 7.99. The van der Waals surface area contributed by atoms with Crippen molar-refractivity contribution in [3.8, 4) is 0 Å². The topological polar surface area (TPSA) is 96.9 Å². The van der Waals surface area contributed by atoms with Gasteiger partial charge in [0.15, 0.2) is 0 Å². The van der Waals surface area contributed by atoms with Crippen molar-refractivity contribution in [3.63, 3.8) is 0 Å².